The molecule has 0 atom stereocenters. The lowest BCUT2D eigenvalue weighted by atomic mass is 10.3. The van der Waals surface area contributed by atoms with E-state index in [-0.39, 0.29) is 19.8 Å². The van der Waals surface area contributed by atoms with E-state index in [9.17, 15) is 0 Å². The van der Waals surface area contributed by atoms with E-state index in [0.717, 1.165) is 0 Å². The minimum Gasteiger partial charge on any atom is -1.00 e. The molecule has 0 aromatic heterocycles. The molecule has 19 heavy (non-hydrogen) atoms. The number of nitrogens with zero attached hydrogens (tertiary/aromatic N) is 2. The summed E-state index contributed by atoms with van der Waals surface area (Å²) in [7, 11) is 0. The first-order chi connectivity index (χ1) is 8.29. The second kappa shape index (κ2) is 8.44. The SMILES string of the molecule is C.CC[N+]1(CC)CCCN(c2ccccc2)CC1.[Cl-]. The van der Waals surface area contributed by atoms with E-state index in [2.05, 4.69) is 49.1 Å². The number of para-hydroxylation sites is 1. The van der Waals surface area contributed by atoms with Crippen molar-refractivity contribution >= 4 is 5.69 Å². The fourth-order valence-electron chi connectivity index (χ4n) is 2.91. The number of halogens is 1. The third-order valence-electron chi connectivity index (χ3n) is 4.37. The van der Waals surface area contributed by atoms with Crippen molar-refractivity contribution in [2.75, 3.05) is 44.2 Å². The highest BCUT2D eigenvalue weighted by molar-refractivity contribution is 5.45. The zero-order chi connectivity index (χ0) is 12.1. The first kappa shape index (κ1) is 18.3. The van der Waals surface area contributed by atoms with Crippen LogP contribution in [0.25, 0.3) is 0 Å². The molecular formula is C16H29ClN2. The Labute approximate surface area is 125 Å². The molecule has 110 valence electrons. The Morgan fingerprint density at radius 3 is 2.21 bits per heavy atom. The molecule has 0 spiro atoms. The number of anilines is 1. The molecule has 0 N–H and O–H groups in total. The van der Waals surface area contributed by atoms with Crippen molar-refractivity contribution in [2.45, 2.75) is 27.7 Å². The summed E-state index contributed by atoms with van der Waals surface area (Å²) in [5, 5.41) is 0. The summed E-state index contributed by atoms with van der Waals surface area (Å²) in [6, 6.07) is 10.8. The van der Waals surface area contributed by atoms with Crippen LogP contribution in [0, 0.1) is 0 Å². The van der Waals surface area contributed by atoms with Crippen LogP contribution in [-0.4, -0.2) is 43.8 Å². The summed E-state index contributed by atoms with van der Waals surface area (Å²) in [6.07, 6.45) is 1.32. The van der Waals surface area contributed by atoms with Crippen LogP contribution >= 0.6 is 0 Å². The van der Waals surface area contributed by atoms with Gasteiger partial charge in [0.05, 0.1) is 32.7 Å². The maximum absolute atomic E-state index is 2.55. The minimum atomic E-state index is 0. The van der Waals surface area contributed by atoms with Gasteiger partial charge in [0, 0.05) is 18.7 Å². The molecule has 1 saturated heterocycles. The van der Waals surface area contributed by atoms with Gasteiger partial charge < -0.3 is 21.8 Å². The molecule has 0 saturated carbocycles. The monoisotopic (exact) mass is 284 g/mol. The second-order valence-corrected chi connectivity index (χ2v) is 5.10. The Bertz CT molecular complexity index is 336. The molecule has 1 heterocycles. The van der Waals surface area contributed by atoms with Crippen molar-refractivity contribution in [3.8, 4) is 0 Å². The van der Waals surface area contributed by atoms with Crippen molar-refractivity contribution < 1.29 is 16.9 Å². The maximum atomic E-state index is 2.55. The van der Waals surface area contributed by atoms with Gasteiger partial charge in [0.15, 0.2) is 0 Å². The lowest BCUT2D eigenvalue weighted by molar-refractivity contribution is -0.922. The Kier molecular flexibility index (Phi) is 8.12. The van der Waals surface area contributed by atoms with Gasteiger partial charge in [-0.15, -0.1) is 0 Å². The predicted octanol–water partition coefficient (Wildman–Crippen LogP) is 0.393. The largest absolute Gasteiger partial charge is 1.00 e. The summed E-state index contributed by atoms with van der Waals surface area (Å²) >= 11 is 0. The molecule has 0 bridgehead atoms. The van der Waals surface area contributed by atoms with E-state index in [1.807, 2.05) is 0 Å². The molecule has 0 unspecified atom stereocenters. The van der Waals surface area contributed by atoms with E-state index in [0.29, 0.717) is 0 Å². The first-order valence-corrected chi connectivity index (χ1v) is 6.95. The summed E-state index contributed by atoms with van der Waals surface area (Å²) < 4.78 is 1.29. The van der Waals surface area contributed by atoms with E-state index in [4.69, 9.17) is 0 Å². The fourth-order valence-corrected chi connectivity index (χ4v) is 2.91. The van der Waals surface area contributed by atoms with Gasteiger partial charge in [-0.2, -0.15) is 0 Å². The summed E-state index contributed by atoms with van der Waals surface area (Å²) in [5.41, 5.74) is 1.39. The Morgan fingerprint density at radius 2 is 1.63 bits per heavy atom. The molecule has 1 aliphatic rings. The third-order valence-corrected chi connectivity index (χ3v) is 4.37. The van der Waals surface area contributed by atoms with Crippen LogP contribution in [-0.2, 0) is 0 Å². The van der Waals surface area contributed by atoms with Crippen LogP contribution in [0.4, 0.5) is 5.69 Å². The molecular weight excluding hydrogens is 256 g/mol. The fraction of sp³-hybridized carbons (Fsp3) is 0.625. The molecule has 1 aromatic rings. The third kappa shape index (κ3) is 4.39. The molecule has 1 fully saturated rings. The lowest BCUT2D eigenvalue weighted by Crippen LogP contribution is -3.00. The van der Waals surface area contributed by atoms with Crippen LogP contribution < -0.4 is 17.3 Å². The van der Waals surface area contributed by atoms with Crippen molar-refractivity contribution in [1.82, 2.24) is 0 Å². The zero-order valence-corrected chi connectivity index (χ0v) is 12.4. The molecule has 1 aromatic carbocycles. The van der Waals surface area contributed by atoms with Crippen LogP contribution in [0.1, 0.15) is 27.7 Å². The van der Waals surface area contributed by atoms with E-state index >= 15 is 0 Å². The Hall–Kier alpha value is -0.730. The zero-order valence-electron chi connectivity index (χ0n) is 11.6. The van der Waals surface area contributed by atoms with Crippen molar-refractivity contribution in [1.29, 1.82) is 0 Å². The number of likely N-dealkylation sites (N-methyl/N-ethyl adjacent to an activating group) is 1. The topological polar surface area (TPSA) is 3.24 Å². The first-order valence-electron chi connectivity index (χ1n) is 6.95. The van der Waals surface area contributed by atoms with Crippen LogP contribution in [0.2, 0.25) is 0 Å². The number of quaternary nitrogens is 1. The maximum Gasteiger partial charge on any atom is 0.0964 e. The highest BCUT2D eigenvalue weighted by Crippen LogP contribution is 2.19. The normalized spacial score (nSPS) is 17.9. The summed E-state index contributed by atoms with van der Waals surface area (Å²) in [4.78, 5) is 2.55. The number of benzene rings is 1. The number of hydrogen-bond acceptors (Lipinski definition) is 1. The quantitative estimate of drug-likeness (QED) is 0.726. The molecule has 2 rings (SSSR count). The molecule has 0 aliphatic carbocycles. The van der Waals surface area contributed by atoms with E-state index in [1.54, 1.807) is 0 Å². The van der Waals surface area contributed by atoms with Gasteiger partial charge >= 0.3 is 0 Å². The van der Waals surface area contributed by atoms with Gasteiger partial charge in [-0.1, -0.05) is 25.6 Å². The number of hydrogen-bond donors (Lipinski definition) is 0. The summed E-state index contributed by atoms with van der Waals surface area (Å²) in [6.45, 7) is 12.3. The Morgan fingerprint density at radius 1 is 1.00 bits per heavy atom. The molecule has 2 nitrogen and oxygen atoms in total. The minimum absolute atomic E-state index is 0. The highest BCUT2D eigenvalue weighted by Gasteiger charge is 2.27. The van der Waals surface area contributed by atoms with E-state index < -0.39 is 0 Å². The van der Waals surface area contributed by atoms with Gasteiger partial charge in [0.1, 0.15) is 0 Å². The van der Waals surface area contributed by atoms with Crippen molar-refractivity contribution in [2.24, 2.45) is 0 Å². The highest BCUT2D eigenvalue weighted by atomic mass is 35.5. The number of rotatable bonds is 3. The van der Waals surface area contributed by atoms with Crippen LogP contribution in [0.5, 0.6) is 0 Å². The molecule has 1 aliphatic heterocycles. The average molecular weight is 285 g/mol. The Balaban J connectivity index is 0.00000162. The van der Waals surface area contributed by atoms with Gasteiger partial charge in [0.2, 0.25) is 0 Å². The average Bonchev–Trinajstić information content (AvgIpc) is 2.63. The van der Waals surface area contributed by atoms with Gasteiger partial charge in [-0.25, -0.2) is 0 Å². The van der Waals surface area contributed by atoms with Crippen LogP contribution in [0.3, 0.4) is 0 Å². The molecule has 0 amide bonds. The predicted molar refractivity (Wildman–Crippen MR) is 81.1 cm³/mol. The molecule has 0 radical (unpaired) electrons. The van der Waals surface area contributed by atoms with Gasteiger partial charge in [0.25, 0.3) is 0 Å². The van der Waals surface area contributed by atoms with Crippen molar-refractivity contribution in [3.05, 3.63) is 30.3 Å². The summed E-state index contributed by atoms with van der Waals surface area (Å²) in [5.74, 6) is 0. The smallest absolute Gasteiger partial charge is 0.0964 e. The van der Waals surface area contributed by atoms with Gasteiger partial charge in [-0.3, -0.25) is 0 Å². The molecule has 3 heteroatoms. The lowest BCUT2D eigenvalue weighted by Gasteiger charge is -2.35. The second-order valence-electron chi connectivity index (χ2n) is 5.10. The standard InChI is InChI=1S/C15H25N2.CH4.ClH/c1-3-17(4-2)13-8-11-16(12-14-17)15-9-6-5-7-10-15;;/h5-7,9-10H,3-4,8,11-14H2,1-2H3;1H4;1H/q+1;;/p-1. The van der Waals surface area contributed by atoms with Gasteiger partial charge in [-0.05, 0) is 26.0 Å². The van der Waals surface area contributed by atoms with Crippen molar-refractivity contribution in [3.63, 3.8) is 0 Å². The van der Waals surface area contributed by atoms with Crippen LogP contribution in [0.15, 0.2) is 30.3 Å². The van der Waals surface area contributed by atoms with E-state index in [1.165, 1.54) is 55.9 Å².